The predicted molar refractivity (Wildman–Crippen MR) is 115 cm³/mol. The molecule has 0 atom stereocenters. The number of ether oxygens (including phenoxy) is 3. The van der Waals surface area contributed by atoms with E-state index in [-0.39, 0.29) is 11.9 Å². The lowest BCUT2D eigenvalue weighted by molar-refractivity contribution is 0.0600. The molecule has 0 aliphatic heterocycles. The number of nitrogens with zero attached hydrogens (tertiary/aromatic N) is 2. The molecule has 0 radical (unpaired) electrons. The van der Waals surface area contributed by atoms with Crippen molar-refractivity contribution in [2.45, 2.75) is 10.1 Å². The molecule has 1 aromatic heterocycles. The first kappa shape index (κ1) is 21.6. The minimum atomic E-state index is -0.368. The van der Waals surface area contributed by atoms with Crippen LogP contribution in [0.2, 0.25) is 0 Å². The molecule has 3 rings (SSSR count). The normalized spacial score (nSPS) is 10.4. The molecule has 0 unspecified atom stereocenters. The Morgan fingerprint density at radius 2 is 1.63 bits per heavy atom. The Hall–Kier alpha value is -3.11. The van der Waals surface area contributed by atoms with Crippen LogP contribution in [0.1, 0.15) is 26.3 Å². The van der Waals surface area contributed by atoms with Crippen LogP contribution in [0.25, 0.3) is 0 Å². The van der Waals surface area contributed by atoms with Gasteiger partial charge in [0, 0.05) is 17.4 Å². The second kappa shape index (κ2) is 10.1. The summed E-state index contributed by atoms with van der Waals surface area (Å²) in [5.41, 5.74) is 1.92. The molecule has 1 amide bonds. The lowest BCUT2D eigenvalue weighted by Gasteiger charge is -2.07. The molecule has 0 saturated heterocycles. The van der Waals surface area contributed by atoms with Gasteiger partial charge in [-0.2, -0.15) is 0 Å². The zero-order chi connectivity index (χ0) is 21.5. The molecule has 0 aliphatic carbocycles. The fourth-order valence-electron chi connectivity index (χ4n) is 2.43. The molecule has 3 aromatic rings. The number of benzene rings is 2. The highest BCUT2D eigenvalue weighted by atomic mass is 32.2. The van der Waals surface area contributed by atoms with Crippen molar-refractivity contribution in [1.29, 1.82) is 0 Å². The van der Waals surface area contributed by atoms with E-state index in [9.17, 15) is 9.59 Å². The van der Waals surface area contributed by atoms with Crippen LogP contribution >= 0.6 is 23.1 Å². The highest BCUT2D eigenvalue weighted by molar-refractivity contribution is 8.00. The van der Waals surface area contributed by atoms with E-state index in [0.29, 0.717) is 37.8 Å². The number of rotatable bonds is 8. The average Bonchev–Trinajstić information content (AvgIpc) is 3.24. The van der Waals surface area contributed by atoms with Gasteiger partial charge in [0.2, 0.25) is 5.13 Å². The van der Waals surface area contributed by atoms with Gasteiger partial charge in [0.05, 0.1) is 26.9 Å². The Morgan fingerprint density at radius 1 is 0.967 bits per heavy atom. The van der Waals surface area contributed by atoms with Gasteiger partial charge in [0.25, 0.3) is 5.91 Å². The lowest BCUT2D eigenvalue weighted by Crippen LogP contribution is -2.12. The van der Waals surface area contributed by atoms with Crippen molar-refractivity contribution in [3.63, 3.8) is 0 Å². The van der Waals surface area contributed by atoms with Crippen LogP contribution in [0, 0.1) is 0 Å². The summed E-state index contributed by atoms with van der Waals surface area (Å²) in [6, 6.07) is 12.1. The molecule has 30 heavy (non-hydrogen) atoms. The van der Waals surface area contributed by atoms with Gasteiger partial charge in [0.15, 0.2) is 4.34 Å². The standard InChI is InChI=1S/C20H19N3O5S2/c1-26-15-8-14(9-16(10-15)27-2)17(24)21-19-22-23-20(30-19)29-11-12-4-6-13(7-5-12)18(25)28-3/h4-10H,11H2,1-3H3,(H,21,22,24). The van der Waals surface area contributed by atoms with Gasteiger partial charge in [-0.15, -0.1) is 10.2 Å². The molecular weight excluding hydrogens is 426 g/mol. The quantitative estimate of drug-likeness (QED) is 0.317. The first-order valence-corrected chi connectivity index (χ1v) is 10.5. The average molecular weight is 446 g/mol. The highest BCUT2D eigenvalue weighted by Gasteiger charge is 2.13. The number of methoxy groups -OCH3 is 3. The third-order valence-electron chi connectivity index (χ3n) is 3.98. The summed E-state index contributed by atoms with van der Waals surface area (Å²) in [7, 11) is 4.39. The van der Waals surface area contributed by atoms with Gasteiger partial charge < -0.3 is 14.2 Å². The maximum atomic E-state index is 12.5. The minimum absolute atomic E-state index is 0.335. The van der Waals surface area contributed by atoms with Crippen LogP contribution in [0.4, 0.5) is 5.13 Å². The van der Waals surface area contributed by atoms with E-state index in [1.54, 1.807) is 30.3 Å². The number of carbonyl (C=O) groups excluding carboxylic acids is 2. The zero-order valence-electron chi connectivity index (χ0n) is 16.5. The molecular formula is C20H19N3O5S2. The summed E-state index contributed by atoms with van der Waals surface area (Å²) >= 11 is 2.77. The molecule has 0 spiro atoms. The number of thioether (sulfide) groups is 1. The summed E-state index contributed by atoms with van der Waals surface area (Å²) in [5.74, 6) is 0.986. The summed E-state index contributed by atoms with van der Waals surface area (Å²) in [6.07, 6.45) is 0. The van der Waals surface area contributed by atoms with Crippen LogP contribution in [-0.2, 0) is 10.5 Å². The van der Waals surface area contributed by atoms with Crippen LogP contribution in [0.3, 0.4) is 0 Å². The molecule has 8 nitrogen and oxygen atoms in total. The van der Waals surface area contributed by atoms with Crippen LogP contribution in [0.5, 0.6) is 11.5 Å². The zero-order valence-corrected chi connectivity index (χ0v) is 18.1. The van der Waals surface area contributed by atoms with Crippen LogP contribution < -0.4 is 14.8 Å². The largest absolute Gasteiger partial charge is 0.497 e. The second-order valence-corrected chi connectivity index (χ2v) is 8.11. The smallest absolute Gasteiger partial charge is 0.337 e. The molecule has 0 aliphatic rings. The summed E-state index contributed by atoms with van der Waals surface area (Å²) < 4.78 is 15.8. The van der Waals surface area contributed by atoms with Gasteiger partial charge in [-0.25, -0.2) is 4.79 Å². The topological polar surface area (TPSA) is 99.6 Å². The van der Waals surface area contributed by atoms with Gasteiger partial charge in [-0.1, -0.05) is 35.2 Å². The Morgan fingerprint density at radius 3 is 2.23 bits per heavy atom. The highest BCUT2D eigenvalue weighted by Crippen LogP contribution is 2.29. The predicted octanol–water partition coefficient (Wildman–Crippen LogP) is 3.89. The van der Waals surface area contributed by atoms with Crippen LogP contribution in [-0.4, -0.2) is 43.4 Å². The Bertz CT molecular complexity index is 1010. The van der Waals surface area contributed by atoms with E-state index in [1.165, 1.54) is 44.4 Å². The van der Waals surface area contributed by atoms with E-state index < -0.39 is 0 Å². The maximum absolute atomic E-state index is 12.5. The first-order chi connectivity index (χ1) is 14.5. The van der Waals surface area contributed by atoms with Crippen LogP contribution in [0.15, 0.2) is 46.8 Å². The molecule has 2 aromatic carbocycles. The molecule has 0 fully saturated rings. The number of amides is 1. The van der Waals surface area contributed by atoms with E-state index in [2.05, 4.69) is 20.3 Å². The first-order valence-electron chi connectivity index (χ1n) is 8.70. The van der Waals surface area contributed by atoms with E-state index >= 15 is 0 Å². The van der Waals surface area contributed by atoms with Gasteiger partial charge in [-0.05, 0) is 29.8 Å². The Kier molecular flexibility index (Phi) is 7.26. The maximum Gasteiger partial charge on any atom is 0.337 e. The second-order valence-electron chi connectivity index (χ2n) is 5.91. The molecule has 0 bridgehead atoms. The molecule has 0 saturated carbocycles. The summed E-state index contributed by atoms with van der Waals surface area (Å²) in [6.45, 7) is 0. The number of anilines is 1. The van der Waals surface area contributed by atoms with E-state index in [0.717, 1.165) is 5.56 Å². The summed E-state index contributed by atoms with van der Waals surface area (Å²) in [5, 5.41) is 11.2. The monoisotopic (exact) mass is 445 g/mol. The number of nitrogens with one attached hydrogen (secondary N) is 1. The van der Waals surface area contributed by atoms with Crippen molar-refractivity contribution in [2.24, 2.45) is 0 Å². The Labute approximate surface area is 181 Å². The number of hydrogen-bond donors (Lipinski definition) is 1. The van der Waals surface area contributed by atoms with Gasteiger partial charge in [0.1, 0.15) is 11.5 Å². The minimum Gasteiger partial charge on any atom is -0.497 e. The van der Waals surface area contributed by atoms with Crippen molar-refractivity contribution in [3.05, 3.63) is 59.2 Å². The molecule has 1 heterocycles. The van der Waals surface area contributed by atoms with Crippen molar-refractivity contribution >= 4 is 40.1 Å². The fourth-order valence-corrected chi connectivity index (χ4v) is 4.13. The summed E-state index contributed by atoms with van der Waals surface area (Å²) in [4.78, 5) is 24.0. The van der Waals surface area contributed by atoms with Crippen molar-refractivity contribution in [1.82, 2.24) is 10.2 Å². The van der Waals surface area contributed by atoms with Crippen molar-refractivity contribution < 1.29 is 23.8 Å². The lowest BCUT2D eigenvalue weighted by atomic mass is 10.1. The molecule has 156 valence electrons. The van der Waals surface area contributed by atoms with Crippen molar-refractivity contribution in [3.8, 4) is 11.5 Å². The number of esters is 1. The Balaban J connectivity index is 1.60. The molecule has 10 heteroatoms. The van der Waals surface area contributed by atoms with E-state index in [4.69, 9.17) is 9.47 Å². The third kappa shape index (κ3) is 5.49. The van der Waals surface area contributed by atoms with Gasteiger partial charge in [-0.3, -0.25) is 10.1 Å². The number of hydrogen-bond acceptors (Lipinski definition) is 9. The van der Waals surface area contributed by atoms with Gasteiger partial charge >= 0.3 is 5.97 Å². The third-order valence-corrected chi connectivity index (χ3v) is 6.02. The van der Waals surface area contributed by atoms with Crippen molar-refractivity contribution in [2.75, 3.05) is 26.6 Å². The molecule has 1 N–H and O–H groups in total. The van der Waals surface area contributed by atoms with E-state index in [1.807, 2.05) is 12.1 Å². The number of carbonyl (C=O) groups is 2. The fraction of sp³-hybridized carbons (Fsp3) is 0.200. The number of aromatic nitrogens is 2. The SMILES string of the molecule is COC(=O)c1ccc(CSc2nnc(NC(=O)c3cc(OC)cc(OC)c3)s2)cc1.